The van der Waals surface area contributed by atoms with Crippen molar-refractivity contribution in [2.24, 2.45) is 11.8 Å². The number of hydrogen-bond acceptors (Lipinski definition) is 1. The van der Waals surface area contributed by atoms with Crippen molar-refractivity contribution >= 4 is 0 Å². The fourth-order valence-electron chi connectivity index (χ4n) is 3.80. The maximum Gasteiger partial charge on any atom is 0.387 e. The summed E-state index contributed by atoms with van der Waals surface area (Å²) in [6.07, 6.45) is 1.84. The number of rotatable bonds is 4. The van der Waals surface area contributed by atoms with Gasteiger partial charge in [0, 0.05) is 5.41 Å². The third kappa shape index (κ3) is 2.24. The molecule has 1 aromatic carbocycles. The molecule has 0 bridgehead atoms. The van der Waals surface area contributed by atoms with Crippen LogP contribution in [0.2, 0.25) is 0 Å². The van der Waals surface area contributed by atoms with Gasteiger partial charge in [0.1, 0.15) is 5.75 Å². The Kier molecular flexibility index (Phi) is 3.84. The van der Waals surface area contributed by atoms with E-state index in [0.29, 0.717) is 17.6 Å². The van der Waals surface area contributed by atoms with Crippen molar-refractivity contribution in [3.05, 3.63) is 29.3 Å². The molecule has 0 fully saturated rings. The lowest BCUT2D eigenvalue weighted by Crippen LogP contribution is -2.35. The number of alkyl halides is 2. The van der Waals surface area contributed by atoms with E-state index in [1.807, 2.05) is 6.07 Å². The molecule has 0 N–H and O–H groups in total. The quantitative estimate of drug-likeness (QED) is 0.763. The predicted octanol–water partition coefficient (Wildman–Crippen LogP) is 4.78. The van der Waals surface area contributed by atoms with E-state index in [2.05, 4.69) is 38.5 Å². The number of ether oxygens (including phenoxy) is 1. The molecule has 19 heavy (non-hydrogen) atoms. The molecule has 106 valence electrons. The van der Waals surface area contributed by atoms with Gasteiger partial charge in [-0.05, 0) is 41.9 Å². The highest BCUT2D eigenvalue weighted by atomic mass is 19.3. The minimum Gasteiger partial charge on any atom is -0.435 e. The first kappa shape index (κ1) is 14.3. The summed E-state index contributed by atoms with van der Waals surface area (Å²) >= 11 is 0. The van der Waals surface area contributed by atoms with Gasteiger partial charge in [-0.1, -0.05) is 39.8 Å². The first-order valence-corrected chi connectivity index (χ1v) is 6.96. The molecule has 3 heteroatoms. The van der Waals surface area contributed by atoms with Crippen molar-refractivity contribution in [3.8, 4) is 5.75 Å². The molecular formula is C16H22F2O. The number of benzene rings is 1. The Labute approximate surface area is 114 Å². The molecule has 1 aliphatic rings. The fraction of sp³-hybridized carbons (Fsp3) is 0.625. The van der Waals surface area contributed by atoms with Gasteiger partial charge in [-0.15, -0.1) is 0 Å². The van der Waals surface area contributed by atoms with Gasteiger partial charge in [-0.25, -0.2) is 0 Å². The molecule has 0 saturated carbocycles. The Morgan fingerprint density at radius 2 is 1.74 bits per heavy atom. The Hall–Kier alpha value is -1.12. The molecule has 0 saturated heterocycles. The normalized spacial score (nSPS) is 17.3. The molecule has 1 nitrogen and oxygen atoms in total. The largest absolute Gasteiger partial charge is 0.435 e. The second-order valence-electron chi connectivity index (χ2n) is 6.01. The Morgan fingerprint density at radius 3 is 2.26 bits per heavy atom. The van der Waals surface area contributed by atoms with Crippen LogP contribution < -0.4 is 4.74 Å². The van der Waals surface area contributed by atoms with Crippen molar-refractivity contribution in [3.63, 3.8) is 0 Å². The molecular weight excluding hydrogens is 246 g/mol. The Morgan fingerprint density at radius 1 is 1.11 bits per heavy atom. The minimum atomic E-state index is -2.75. The molecule has 0 aliphatic heterocycles. The third-order valence-electron chi connectivity index (χ3n) is 4.70. The van der Waals surface area contributed by atoms with Gasteiger partial charge in [0.25, 0.3) is 0 Å². The van der Waals surface area contributed by atoms with Gasteiger partial charge in [-0.2, -0.15) is 8.78 Å². The zero-order valence-electron chi connectivity index (χ0n) is 12.0. The lowest BCUT2D eigenvalue weighted by Gasteiger charge is -2.39. The molecule has 0 unspecified atom stereocenters. The van der Waals surface area contributed by atoms with Crippen LogP contribution >= 0.6 is 0 Å². The molecule has 0 spiro atoms. The monoisotopic (exact) mass is 268 g/mol. The maximum absolute atomic E-state index is 12.5. The summed E-state index contributed by atoms with van der Waals surface area (Å²) in [5, 5.41) is 0. The summed E-state index contributed by atoms with van der Waals surface area (Å²) in [6, 6.07) is 5.57. The third-order valence-corrected chi connectivity index (χ3v) is 4.70. The van der Waals surface area contributed by atoms with Gasteiger partial charge < -0.3 is 4.74 Å². The van der Waals surface area contributed by atoms with Crippen LogP contribution in [0.4, 0.5) is 8.78 Å². The molecule has 0 atom stereocenters. The van der Waals surface area contributed by atoms with Crippen LogP contribution in [0.25, 0.3) is 0 Å². The summed E-state index contributed by atoms with van der Waals surface area (Å²) in [4.78, 5) is 0. The summed E-state index contributed by atoms with van der Waals surface area (Å²) < 4.78 is 29.6. The van der Waals surface area contributed by atoms with Crippen LogP contribution in [0.15, 0.2) is 18.2 Å². The highest BCUT2D eigenvalue weighted by Gasteiger charge is 2.44. The fourth-order valence-corrected chi connectivity index (χ4v) is 3.80. The summed E-state index contributed by atoms with van der Waals surface area (Å²) in [6.45, 7) is 6.12. The topological polar surface area (TPSA) is 9.23 Å². The van der Waals surface area contributed by atoms with Gasteiger partial charge in [0.05, 0.1) is 0 Å². The molecule has 1 aliphatic carbocycles. The standard InChI is InChI=1S/C16H22F2O/c1-10(2)16(11(3)4)9-8-12-13(16)6-5-7-14(12)19-15(17)18/h5-7,10-11,15H,8-9H2,1-4H3. The SMILES string of the molecule is CC(C)C1(C(C)C)CCc2c(OC(F)F)cccc21. The lowest BCUT2D eigenvalue weighted by atomic mass is 9.65. The van der Waals surface area contributed by atoms with E-state index in [1.165, 1.54) is 5.56 Å². The van der Waals surface area contributed by atoms with Gasteiger partial charge in [0.2, 0.25) is 0 Å². The van der Waals surface area contributed by atoms with Crippen molar-refractivity contribution in [1.82, 2.24) is 0 Å². The van der Waals surface area contributed by atoms with E-state index in [9.17, 15) is 8.78 Å². The van der Waals surface area contributed by atoms with Crippen molar-refractivity contribution in [2.45, 2.75) is 52.6 Å². The van der Waals surface area contributed by atoms with Gasteiger partial charge in [-0.3, -0.25) is 0 Å². The van der Waals surface area contributed by atoms with Crippen LogP contribution in [0.3, 0.4) is 0 Å². The average Bonchev–Trinajstić information content (AvgIpc) is 2.69. The second-order valence-corrected chi connectivity index (χ2v) is 6.01. The molecule has 0 radical (unpaired) electrons. The van der Waals surface area contributed by atoms with Crippen LogP contribution in [-0.4, -0.2) is 6.61 Å². The van der Waals surface area contributed by atoms with Crippen molar-refractivity contribution in [2.75, 3.05) is 0 Å². The van der Waals surface area contributed by atoms with Gasteiger partial charge >= 0.3 is 6.61 Å². The van der Waals surface area contributed by atoms with Crippen LogP contribution in [-0.2, 0) is 11.8 Å². The first-order chi connectivity index (χ1) is 8.89. The van der Waals surface area contributed by atoms with Crippen molar-refractivity contribution < 1.29 is 13.5 Å². The smallest absolute Gasteiger partial charge is 0.387 e. The molecule has 0 heterocycles. The zero-order valence-corrected chi connectivity index (χ0v) is 12.0. The summed E-state index contributed by atoms with van der Waals surface area (Å²) in [5.74, 6) is 1.32. The summed E-state index contributed by atoms with van der Waals surface area (Å²) in [7, 11) is 0. The highest BCUT2D eigenvalue weighted by Crippen LogP contribution is 2.51. The van der Waals surface area contributed by atoms with Gasteiger partial charge in [0.15, 0.2) is 0 Å². The average molecular weight is 268 g/mol. The van der Waals surface area contributed by atoms with Crippen LogP contribution in [0.5, 0.6) is 5.75 Å². The van der Waals surface area contributed by atoms with Crippen LogP contribution in [0, 0.1) is 11.8 Å². The second kappa shape index (κ2) is 5.10. The Balaban J connectivity index is 2.50. The van der Waals surface area contributed by atoms with Crippen molar-refractivity contribution in [1.29, 1.82) is 0 Å². The van der Waals surface area contributed by atoms with E-state index in [-0.39, 0.29) is 5.41 Å². The summed E-state index contributed by atoms with van der Waals surface area (Å²) in [5.41, 5.74) is 2.26. The maximum atomic E-state index is 12.5. The lowest BCUT2D eigenvalue weighted by molar-refractivity contribution is -0.0504. The predicted molar refractivity (Wildman–Crippen MR) is 72.7 cm³/mol. The van der Waals surface area contributed by atoms with Crippen LogP contribution in [0.1, 0.15) is 45.2 Å². The van der Waals surface area contributed by atoms with E-state index >= 15 is 0 Å². The molecule has 2 rings (SSSR count). The molecule has 0 aromatic heterocycles. The van der Waals surface area contributed by atoms with E-state index in [1.54, 1.807) is 6.07 Å². The van der Waals surface area contributed by atoms with E-state index < -0.39 is 6.61 Å². The molecule has 1 aromatic rings. The number of hydrogen-bond donors (Lipinski definition) is 0. The minimum absolute atomic E-state index is 0.0802. The zero-order chi connectivity index (χ0) is 14.2. The van der Waals surface area contributed by atoms with E-state index in [0.717, 1.165) is 18.4 Å². The highest BCUT2D eigenvalue weighted by molar-refractivity contribution is 5.48. The Bertz CT molecular complexity index is 444. The first-order valence-electron chi connectivity index (χ1n) is 6.96. The van der Waals surface area contributed by atoms with E-state index in [4.69, 9.17) is 0 Å². The number of fused-ring (bicyclic) bond motifs is 1. The molecule has 0 amide bonds. The number of halogens is 2.